The molecule has 6 nitrogen and oxygen atoms in total. The van der Waals surface area contributed by atoms with Crippen LogP contribution in [0.2, 0.25) is 0 Å². The highest BCUT2D eigenvalue weighted by molar-refractivity contribution is 5.82. The Morgan fingerprint density at radius 2 is 1.45 bits per heavy atom. The molecule has 0 radical (unpaired) electrons. The Morgan fingerprint density at radius 3 is 1.77 bits per heavy atom. The summed E-state index contributed by atoms with van der Waals surface area (Å²) in [5.41, 5.74) is 1.49. The highest BCUT2D eigenvalue weighted by Crippen LogP contribution is 2.48. The van der Waals surface area contributed by atoms with Crippen molar-refractivity contribution >= 4 is 11.9 Å². The van der Waals surface area contributed by atoms with Gasteiger partial charge in [0.25, 0.3) is 0 Å². The van der Waals surface area contributed by atoms with E-state index < -0.39 is 23.8 Å². The molecular formula is C16H19NO5. The maximum Gasteiger partial charge on any atom is 0.307 e. The lowest BCUT2D eigenvalue weighted by Crippen LogP contribution is -2.32. The highest BCUT2D eigenvalue weighted by atomic mass is 16.5. The predicted molar refractivity (Wildman–Crippen MR) is 77.9 cm³/mol. The molecular weight excluding hydrogens is 286 g/mol. The zero-order chi connectivity index (χ0) is 16.4. The summed E-state index contributed by atoms with van der Waals surface area (Å²) in [6, 6.07) is 5.46. The van der Waals surface area contributed by atoms with Gasteiger partial charge in [-0.15, -0.1) is 0 Å². The van der Waals surface area contributed by atoms with Crippen molar-refractivity contribution in [3.05, 3.63) is 46.9 Å². The van der Waals surface area contributed by atoms with Crippen LogP contribution in [0.25, 0.3) is 0 Å². The van der Waals surface area contributed by atoms with Crippen LogP contribution in [0.1, 0.15) is 17.8 Å². The van der Waals surface area contributed by atoms with Gasteiger partial charge in [0, 0.05) is 26.0 Å². The largest absolute Gasteiger partial charge is 0.618 e. The van der Waals surface area contributed by atoms with Crippen LogP contribution in [0.15, 0.2) is 30.4 Å². The fourth-order valence-electron chi connectivity index (χ4n) is 3.24. The fourth-order valence-corrected chi connectivity index (χ4v) is 3.24. The van der Waals surface area contributed by atoms with E-state index in [4.69, 9.17) is 10.2 Å². The molecule has 3 rings (SSSR count). The monoisotopic (exact) mass is 305 g/mol. The molecule has 4 unspecified atom stereocenters. The fraction of sp³-hybridized carbons (Fsp3) is 0.438. The quantitative estimate of drug-likeness (QED) is 0.490. The Hall–Kier alpha value is -2.37. The number of carbonyl (C=O) groups is 2. The number of hydrogen-bond donors (Lipinski definition) is 2. The van der Waals surface area contributed by atoms with Crippen molar-refractivity contribution in [3.63, 3.8) is 0 Å². The van der Waals surface area contributed by atoms with Gasteiger partial charge in [-0.25, -0.2) is 0 Å². The zero-order valence-corrected chi connectivity index (χ0v) is 12.5. The summed E-state index contributed by atoms with van der Waals surface area (Å²) in [5.74, 6) is -3.53. The first-order valence-corrected chi connectivity index (χ1v) is 7.12. The predicted octanol–water partition coefficient (Wildman–Crippen LogP) is 1.53. The Bertz CT molecular complexity index is 577. The molecule has 0 saturated heterocycles. The number of aryl methyl sites for hydroxylation is 2. The number of pyridine rings is 1. The lowest BCUT2D eigenvalue weighted by Gasteiger charge is -2.20. The van der Waals surface area contributed by atoms with Gasteiger partial charge >= 0.3 is 11.9 Å². The van der Waals surface area contributed by atoms with Crippen LogP contribution < -0.4 is 4.73 Å². The maximum atomic E-state index is 10.9. The standard InChI is InChI=1S/C9H10O4.C7H9NO/c10-8(11)6-4-1-2-5(3-4)7(6)9(12)13;1-6-4-3-5-7(2)8(6)9/h1-2,4-7H,3H2,(H,10,11)(H,12,13);3-5H,1-2H3. The molecule has 2 N–H and O–H groups in total. The molecule has 22 heavy (non-hydrogen) atoms. The molecule has 1 saturated carbocycles. The first-order chi connectivity index (χ1) is 10.3. The third kappa shape index (κ3) is 2.95. The summed E-state index contributed by atoms with van der Waals surface area (Å²) in [6.45, 7) is 3.58. The molecule has 1 aromatic rings. The molecule has 6 heteroatoms. The Balaban J connectivity index is 0.000000172. The zero-order valence-electron chi connectivity index (χ0n) is 12.5. The topological polar surface area (TPSA) is 102 Å². The lowest BCUT2D eigenvalue weighted by atomic mass is 9.83. The Kier molecular flexibility index (Phi) is 4.49. The third-order valence-electron chi connectivity index (χ3n) is 4.35. The van der Waals surface area contributed by atoms with E-state index in [1.54, 1.807) is 26.0 Å². The summed E-state index contributed by atoms with van der Waals surface area (Å²) < 4.78 is 0.917. The number of carboxylic acid groups (broad SMARTS) is 2. The maximum absolute atomic E-state index is 10.9. The SMILES string of the molecule is Cc1cccc(C)[n+]1[O-].O=C(O)C1C2C=CC(C2)C1C(=O)O. The van der Waals surface area contributed by atoms with Crippen LogP contribution in [0.4, 0.5) is 0 Å². The summed E-state index contributed by atoms with van der Waals surface area (Å²) in [6.07, 6.45) is 4.36. The molecule has 4 atom stereocenters. The number of allylic oxidation sites excluding steroid dienone is 2. The van der Waals surface area contributed by atoms with Crippen molar-refractivity contribution in [3.8, 4) is 0 Å². The molecule has 1 aromatic heterocycles. The van der Waals surface area contributed by atoms with E-state index in [1.807, 2.05) is 18.2 Å². The van der Waals surface area contributed by atoms with Crippen molar-refractivity contribution in [1.82, 2.24) is 0 Å². The van der Waals surface area contributed by atoms with Gasteiger partial charge in [0.2, 0.25) is 0 Å². The minimum atomic E-state index is -0.982. The number of nitrogens with zero attached hydrogens (tertiary/aromatic N) is 1. The summed E-state index contributed by atoms with van der Waals surface area (Å²) >= 11 is 0. The second-order valence-electron chi connectivity index (χ2n) is 5.78. The Labute approximate surface area is 128 Å². The van der Waals surface area contributed by atoms with E-state index in [0.29, 0.717) is 6.42 Å². The van der Waals surface area contributed by atoms with Crippen molar-refractivity contribution in [2.24, 2.45) is 23.7 Å². The van der Waals surface area contributed by atoms with E-state index in [0.717, 1.165) is 16.1 Å². The average Bonchev–Trinajstić information content (AvgIpc) is 3.05. The second kappa shape index (κ2) is 6.17. The van der Waals surface area contributed by atoms with Crippen LogP contribution >= 0.6 is 0 Å². The van der Waals surface area contributed by atoms with Gasteiger partial charge < -0.3 is 15.4 Å². The second-order valence-corrected chi connectivity index (χ2v) is 5.78. The van der Waals surface area contributed by atoms with Crippen molar-refractivity contribution in [1.29, 1.82) is 0 Å². The van der Waals surface area contributed by atoms with Gasteiger partial charge in [-0.2, -0.15) is 4.73 Å². The number of hydrogen-bond acceptors (Lipinski definition) is 3. The molecule has 0 aliphatic heterocycles. The van der Waals surface area contributed by atoms with E-state index in [2.05, 4.69) is 0 Å². The number of fused-ring (bicyclic) bond motifs is 2. The molecule has 1 fully saturated rings. The minimum absolute atomic E-state index is 0.0661. The first kappa shape index (κ1) is 16.0. The van der Waals surface area contributed by atoms with Crippen LogP contribution in [-0.2, 0) is 9.59 Å². The van der Waals surface area contributed by atoms with E-state index in [-0.39, 0.29) is 11.8 Å². The lowest BCUT2D eigenvalue weighted by molar-refractivity contribution is -0.619. The van der Waals surface area contributed by atoms with Crippen molar-refractivity contribution in [2.45, 2.75) is 20.3 Å². The van der Waals surface area contributed by atoms with Crippen LogP contribution in [0.3, 0.4) is 0 Å². The van der Waals surface area contributed by atoms with Gasteiger partial charge in [-0.1, -0.05) is 12.2 Å². The van der Waals surface area contributed by atoms with Gasteiger partial charge in [-0.3, -0.25) is 9.59 Å². The van der Waals surface area contributed by atoms with Crippen LogP contribution in [0.5, 0.6) is 0 Å². The third-order valence-corrected chi connectivity index (χ3v) is 4.35. The highest BCUT2D eigenvalue weighted by Gasteiger charge is 2.51. The Morgan fingerprint density at radius 1 is 1.05 bits per heavy atom. The van der Waals surface area contributed by atoms with Gasteiger partial charge in [-0.05, 0) is 24.3 Å². The summed E-state index contributed by atoms with van der Waals surface area (Å²) in [5, 5.41) is 28.6. The van der Waals surface area contributed by atoms with Gasteiger partial charge in [0.1, 0.15) is 0 Å². The van der Waals surface area contributed by atoms with Gasteiger partial charge in [0.05, 0.1) is 11.8 Å². The summed E-state index contributed by atoms with van der Waals surface area (Å²) in [4.78, 5) is 21.6. The molecule has 0 spiro atoms. The number of aromatic nitrogens is 1. The van der Waals surface area contributed by atoms with Crippen LogP contribution in [-0.4, -0.2) is 22.2 Å². The molecule has 2 aliphatic carbocycles. The summed E-state index contributed by atoms with van der Waals surface area (Å²) in [7, 11) is 0. The molecule has 1 heterocycles. The molecule has 2 bridgehead atoms. The minimum Gasteiger partial charge on any atom is -0.618 e. The molecule has 0 amide bonds. The molecule has 0 aromatic carbocycles. The molecule has 118 valence electrons. The van der Waals surface area contributed by atoms with Crippen molar-refractivity contribution < 1.29 is 24.5 Å². The van der Waals surface area contributed by atoms with E-state index in [1.165, 1.54) is 0 Å². The number of aliphatic carboxylic acids is 2. The average molecular weight is 305 g/mol. The van der Waals surface area contributed by atoms with Crippen LogP contribution in [0, 0.1) is 42.7 Å². The van der Waals surface area contributed by atoms with E-state index >= 15 is 0 Å². The van der Waals surface area contributed by atoms with E-state index in [9.17, 15) is 14.8 Å². The number of rotatable bonds is 2. The molecule has 2 aliphatic rings. The normalized spacial score (nSPS) is 28.1. The van der Waals surface area contributed by atoms with Gasteiger partial charge in [0.15, 0.2) is 11.4 Å². The number of carboxylic acids is 2. The smallest absolute Gasteiger partial charge is 0.307 e. The first-order valence-electron chi connectivity index (χ1n) is 7.12. The van der Waals surface area contributed by atoms with Crippen molar-refractivity contribution in [2.75, 3.05) is 0 Å².